The summed E-state index contributed by atoms with van der Waals surface area (Å²) in [6, 6.07) is 2.21. The van der Waals surface area contributed by atoms with E-state index in [-0.39, 0.29) is 6.04 Å². The number of aryl methyl sites for hydroxylation is 2. The number of aromatic nitrogens is 2. The molecule has 0 saturated carbocycles. The number of furan rings is 1. The number of nitrogens with one attached hydrogen (secondary N) is 1. The molecule has 92 valence electrons. The van der Waals surface area contributed by atoms with E-state index in [1.807, 2.05) is 30.2 Å². The maximum atomic E-state index is 5.50. The first-order valence-corrected chi connectivity index (χ1v) is 6.04. The Morgan fingerprint density at radius 2 is 2.29 bits per heavy atom. The van der Waals surface area contributed by atoms with E-state index in [0.29, 0.717) is 0 Å². The van der Waals surface area contributed by atoms with E-state index < -0.39 is 0 Å². The first-order chi connectivity index (χ1) is 8.26. The molecule has 0 aliphatic carbocycles. The fraction of sp³-hybridized carbons (Fsp3) is 0.462. The Hall–Kier alpha value is -1.55. The molecule has 2 aromatic heterocycles. The van der Waals surface area contributed by atoms with Gasteiger partial charge in [0.2, 0.25) is 0 Å². The van der Waals surface area contributed by atoms with Gasteiger partial charge in [0.15, 0.2) is 0 Å². The summed E-state index contributed by atoms with van der Waals surface area (Å²) in [5, 5.41) is 7.71. The van der Waals surface area contributed by atoms with Gasteiger partial charge in [0.05, 0.1) is 18.5 Å². The van der Waals surface area contributed by atoms with Gasteiger partial charge in [-0.1, -0.05) is 13.8 Å². The molecule has 0 aliphatic rings. The van der Waals surface area contributed by atoms with Crippen LogP contribution in [-0.4, -0.2) is 16.3 Å². The highest BCUT2D eigenvalue weighted by Crippen LogP contribution is 2.26. The molecular weight excluding hydrogens is 214 g/mol. The number of rotatable bonds is 5. The van der Waals surface area contributed by atoms with E-state index in [2.05, 4.69) is 24.3 Å². The highest BCUT2D eigenvalue weighted by Gasteiger charge is 2.19. The molecule has 0 spiro atoms. The minimum Gasteiger partial charge on any atom is -0.469 e. The van der Waals surface area contributed by atoms with Gasteiger partial charge in [-0.05, 0) is 12.6 Å². The Labute approximate surface area is 102 Å². The summed E-state index contributed by atoms with van der Waals surface area (Å²) in [6.45, 7) is 5.12. The van der Waals surface area contributed by atoms with Gasteiger partial charge >= 0.3 is 0 Å². The highest BCUT2D eigenvalue weighted by atomic mass is 16.3. The molecule has 2 aromatic rings. The summed E-state index contributed by atoms with van der Waals surface area (Å²) in [7, 11) is 1.93. The van der Waals surface area contributed by atoms with Crippen LogP contribution in [0.5, 0.6) is 0 Å². The average Bonchev–Trinajstić information content (AvgIpc) is 2.94. The third kappa shape index (κ3) is 2.42. The second-order valence-electron chi connectivity index (χ2n) is 4.09. The van der Waals surface area contributed by atoms with Crippen LogP contribution in [-0.2, 0) is 13.5 Å². The molecule has 2 heterocycles. The van der Waals surface area contributed by atoms with E-state index in [1.54, 1.807) is 6.26 Å². The first-order valence-electron chi connectivity index (χ1n) is 6.04. The summed E-state index contributed by atoms with van der Waals surface area (Å²) in [6.07, 6.45) is 6.61. The van der Waals surface area contributed by atoms with Crippen molar-refractivity contribution in [2.75, 3.05) is 6.54 Å². The standard InChI is InChI=1S/C13H19N3O/c1-4-12-11(6-7-17-12)13(14-5-2)10-8-15-16(3)9-10/h6-9,13-14H,4-5H2,1-3H3. The molecule has 0 bridgehead atoms. The molecule has 1 atom stereocenters. The second kappa shape index (κ2) is 5.19. The molecule has 0 amide bonds. The number of hydrogen-bond donors (Lipinski definition) is 1. The Balaban J connectivity index is 2.35. The van der Waals surface area contributed by atoms with Crippen molar-refractivity contribution in [1.82, 2.24) is 15.1 Å². The fourth-order valence-electron chi connectivity index (χ4n) is 2.10. The van der Waals surface area contributed by atoms with E-state index in [4.69, 9.17) is 4.42 Å². The van der Waals surface area contributed by atoms with E-state index >= 15 is 0 Å². The highest BCUT2D eigenvalue weighted by molar-refractivity contribution is 5.31. The average molecular weight is 233 g/mol. The zero-order valence-electron chi connectivity index (χ0n) is 10.6. The molecule has 0 saturated heterocycles. The lowest BCUT2D eigenvalue weighted by Gasteiger charge is -2.16. The van der Waals surface area contributed by atoms with Crippen molar-refractivity contribution < 1.29 is 4.42 Å². The first kappa shape index (κ1) is 11.9. The van der Waals surface area contributed by atoms with Crippen molar-refractivity contribution in [3.8, 4) is 0 Å². The monoisotopic (exact) mass is 233 g/mol. The van der Waals surface area contributed by atoms with E-state index in [1.165, 1.54) is 11.1 Å². The Bertz CT molecular complexity index is 472. The minimum atomic E-state index is 0.169. The summed E-state index contributed by atoms with van der Waals surface area (Å²) >= 11 is 0. The van der Waals surface area contributed by atoms with Gasteiger partial charge in [-0.25, -0.2) is 0 Å². The number of nitrogens with zero attached hydrogens (tertiary/aromatic N) is 2. The molecule has 1 unspecified atom stereocenters. The van der Waals surface area contributed by atoms with Crippen molar-refractivity contribution in [1.29, 1.82) is 0 Å². The van der Waals surface area contributed by atoms with Gasteiger partial charge in [0, 0.05) is 30.8 Å². The molecule has 2 rings (SSSR count). The Morgan fingerprint density at radius 1 is 1.47 bits per heavy atom. The van der Waals surface area contributed by atoms with Crippen molar-refractivity contribution >= 4 is 0 Å². The molecule has 0 radical (unpaired) electrons. The molecular formula is C13H19N3O. The molecule has 1 N–H and O–H groups in total. The maximum absolute atomic E-state index is 5.50. The smallest absolute Gasteiger partial charge is 0.108 e. The molecule has 0 aromatic carbocycles. The SMILES string of the molecule is CCNC(c1cnn(C)c1)c1ccoc1CC. The largest absolute Gasteiger partial charge is 0.469 e. The van der Waals surface area contributed by atoms with Crippen LogP contribution < -0.4 is 5.32 Å². The number of hydrogen-bond acceptors (Lipinski definition) is 3. The summed E-state index contributed by atoms with van der Waals surface area (Å²) < 4.78 is 7.33. The normalized spacial score (nSPS) is 12.9. The van der Waals surface area contributed by atoms with Gasteiger partial charge in [0.25, 0.3) is 0 Å². The van der Waals surface area contributed by atoms with Crippen molar-refractivity contribution in [3.63, 3.8) is 0 Å². The van der Waals surface area contributed by atoms with E-state index in [0.717, 1.165) is 18.7 Å². The lowest BCUT2D eigenvalue weighted by atomic mass is 10.0. The predicted molar refractivity (Wildman–Crippen MR) is 66.8 cm³/mol. The third-order valence-electron chi connectivity index (χ3n) is 2.88. The fourth-order valence-corrected chi connectivity index (χ4v) is 2.10. The lowest BCUT2D eigenvalue weighted by molar-refractivity contribution is 0.502. The Morgan fingerprint density at radius 3 is 2.88 bits per heavy atom. The Kier molecular flexibility index (Phi) is 3.64. The third-order valence-corrected chi connectivity index (χ3v) is 2.88. The van der Waals surface area contributed by atoms with Crippen LogP contribution in [0.25, 0.3) is 0 Å². The topological polar surface area (TPSA) is 43.0 Å². The zero-order valence-corrected chi connectivity index (χ0v) is 10.6. The molecule has 17 heavy (non-hydrogen) atoms. The van der Waals surface area contributed by atoms with Crippen LogP contribution in [0.2, 0.25) is 0 Å². The van der Waals surface area contributed by atoms with Gasteiger partial charge in [0.1, 0.15) is 5.76 Å². The molecule has 0 aliphatic heterocycles. The van der Waals surface area contributed by atoms with E-state index in [9.17, 15) is 0 Å². The van der Waals surface area contributed by atoms with Crippen LogP contribution in [0.3, 0.4) is 0 Å². The van der Waals surface area contributed by atoms with Crippen molar-refractivity contribution in [2.24, 2.45) is 7.05 Å². The quantitative estimate of drug-likeness (QED) is 0.861. The van der Waals surface area contributed by atoms with Gasteiger partial charge in [-0.2, -0.15) is 5.10 Å². The summed E-state index contributed by atoms with van der Waals surface area (Å²) in [5.74, 6) is 1.04. The zero-order chi connectivity index (χ0) is 12.3. The molecule has 4 heteroatoms. The van der Waals surface area contributed by atoms with Crippen LogP contribution in [0.1, 0.15) is 36.8 Å². The van der Waals surface area contributed by atoms with Crippen molar-refractivity contribution in [2.45, 2.75) is 26.3 Å². The molecule has 4 nitrogen and oxygen atoms in total. The molecule has 0 fully saturated rings. The van der Waals surface area contributed by atoms with Crippen molar-refractivity contribution in [3.05, 3.63) is 41.6 Å². The van der Waals surface area contributed by atoms with Crippen LogP contribution in [0.4, 0.5) is 0 Å². The predicted octanol–water partition coefficient (Wildman–Crippen LogP) is 2.27. The van der Waals surface area contributed by atoms with Gasteiger partial charge < -0.3 is 9.73 Å². The van der Waals surface area contributed by atoms with Crippen LogP contribution in [0.15, 0.2) is 29.1 Å². The maximum Gasteiger partial charge on any atom is 0.108 e. The summed E-state index contributed by atoms with van der Waals surface area (Å²) in [5.41, 5.74) is 2.38. The van der Waals surface area contributed by atoms with Crippen LogP contribution in [0, 0.1) is 0 Å². The second-order valence-corrected chi connectivity index (χ2v) is 4.09. The summed E-state index contributed by atoms with van der Waals surface area (Å²) in [4.78, 5) is 0. The minimum absolute atomic E-state index is 0.169. The van der Waals surface area contributed by atoms with Gasteiger partial charge in [-0.15, -0.1) is 0 Å². The van der Waals surface area contributed by atoms with Crippen LogP contribution >= 0.6 is 0 Å². The van der Waals surface area contributed by atoms with Gasteiger partial charge in [-0.3, -0.25) is 4.68 Å². The lowest BCUT2D eigenvalue weighted by Crippen LogP contribution is -2.22.